The highest BCUT2D eigenvalue weighted by molar-refractivity contribution is 6.04. The van der Waals surface area contributed by atoms with Crippen molar-refractivity contribution in [1.82, 2.24) is 0 Å². The highest BCUT2D eigenvalue weighted by Gasteiger charge is 2.09. The van der Waals surface area contributed by atoms with Crippen LogP contribution in [0.25, 0.3) is 12.2 Å². The second-order valence-electron chi connectivity index (χ2n) is 7.18. The summed E-state index contributed by atoms with van der Waals surface area (Å²) in [6, 6.07) is 18.8. The smallest absolute Gasteiger partial charge is 0.187 e. The summed E-state index contributed by atoms with van der Waals surface area (Å²) < 4.78 is 11.0. The minimum Gasteiger partial charge on any atom is -0.496 e. The minimum atomic E-state index is -0.0861. The molecule has 0 unspecified atom stereocenters. The SMILES string of the molecule is CCc1c(OC)cc(/C=C\c2ccc(N/C=C\C(=O)c3ccc(N)cc3)cc2)cc1OC. The normalized spacial score (nSPS) is 11.1. The van der Waals surface area contributed by atoms with Crippen molar-refractivity contribution < 1.29 is 14.3 Å². The molecule has 0 aliphatic carbocycles. The van der Waals surface area contributed by atoms with E-state index in [1.54, 1.807) is 44.7 Å². The largest absolute Gasteiger partial charge is 0.496 e. The zero-order valence-corrected chi connectivity index (χ0v) is 18.6. The van der Waals surface area contributed by atoms with E-state index in [1.165, 1.54) is 6.08 Å². The predicted octanol–water partition coefficient (Wildman–Crippen LogP) is 5.83. The Morgan fingerprint density at radius 1 is 0.906 bits per heavy atom. The van der Waals surface area contributed by atoms with Crippen LogP contribution in [-0.2, 0) is 6.42 Å². The average Bonchev–Trinajstić information content (AvgIpc) is 2.83. The standard InChI is InChI=1S/C27H28N2O3/c1-4-24-26(31-2)17-20(18-27(24)32-3)6-5-19-7-13-23(14-8-19)29-16-15-25(30)21-9-11-22(28)12-10-21/h5-18,29H,4,28H2,1-3H3/b6-5-,16-15-. The summed E-state index contributed by atoms with van der Waals surface area (Å²) in [4.78, 5) is 12.2. The molecule has 0 saturated carbocycles. The number of hydrogen-bond donors (Lipinski definition) is 2. The number of carbonyl (C=O) groups is 1. The molecule has 164 valence electrons. The van der Waals surface area contributed by atoms with E-state index in [0.29, 0.717) is 11.3 Å². The minimum absolute atomic E-state index is 0.0861. The average molecular weight is 429 g/mol. The molecule has 0 saturated heterocycles. The Hall–Kier alpha value is -3.99. The van der Waals surface area contributed by atoms with Crippen molar-refractivity contribution >= 4 is 29.3 Å². The second-order valence-corrected chi connectivity index (χ2v) is 7.18. The van der Waals surface area contributed by atoms with Crippen LogP contribution < -0.4 is 20.5 Å². The molecule has 0 atom stereocenters. The third-order valence-electron chi connectivity index (χ3n) is 5.04. The fraction of sp³-hybridized carbons (Fsp3) is 0.148. The number of nitrogens with two attached hydrogens (primary N) is 1. The van der Waals surface area contributed by atoms with Crippen molar-refractivity contribution in [2.75, 3.05) is 25.3 Å². The van der Waals surface area contributed by atoms with Crippen molar-refractivity contribution in [2.45, 2.75) is 13.3 Å². The lowest BCUT2D eigenvalue weighted by atomic mass is 10.1. The molecule has 0 bridgehead atoms. The molecule has 3 N–H and O–H groups in total. The van der Waals surface area contributed by atoms with Gasteiger partial charge in [0.1, 0.15) is 11.5 Å². The van der Waals surface area contributed by atoms with Crippen molar-refractivity contribution in [2.24, 2.45) is 0 Å². The van der Waals surface area contributed by atoms with Crippen LogP contribution in [0.15, 0.2) is 72.9 Å². The van der Waals surface area contributed by atoms with Gasteiger partial charge in [0, 0.05) is 34.8 Å². The van der Waals surface area contributed by atoms with Gasteiger partial charge in [-0.1, -0.05) is 31.2 Å². The number of nitrogen functional groups attached to an aromatic ring is 1. The molecule has 0 aliphatic heterocycles. The molecular formula is C27H28N2O3. The summed E-state index contributed by atoms with van der Waals surface area (Å²) in [7, 11) is 3.34. The van der Waals surface area contributed by atoms with E-state index in [0.717, 1.165) is 40.3 Å². The van der Waals surface area contributed by atoms with Crippen LogP contribution in [-0.4, -0.2) is 20.0 Å². The number of carbonyl (C=O) groups excluding carboxylic acids is 1. The molecule has 0 spiro atoms. The van der Waals surface area contributed by atoms with Crippen LogP contribution in [0.1, 0.15) is 34.0 Å². The van der Waals surface area contributed by atoms with E-state index in [4.69, 9.17) is 15.2 Å². The summed E-state index contributed by atoms with van der Waals surface area (Å²) in [6.45, 7) is 2.08. The van der Waals surface area contributed by atoms with Crippen LogP contribution in [0.3, 0.4) is 0 Å². The highest BCUT2D eigenvalue weighted by atomic mass is 16.5. The van der Waals surface area contributed by atoms with Crippen molar-refractivity contribution in [3.8, 4) is 11.5 Å². The lowest BCUT2D eigenvalue weighted by Crippen LogP contribution is -1.97. The molecule has 3 aromatic rings. The first-order chi connectivity index (χ1) is 15.5. The fourth-order valence-electron chi connectivity index (χ4n) is 3.29. The van der Waals surface area contributed by atoms with Gasteiger partial charge in [-0.05, 0) is 66.1 Å². The topological polar surface area (TPSA) is 73.6 Å². The maximum absolute atomic E-state index is 12.2. The molecule has 3 aromatic carbocycles. The number of ether oxygens (including phenoxy) is 2. The molecular weight excluding hydrogens is 400 g/mol. The van der Waals surface area contributed by atoms with Gasteiger partial charge in [-0.15, -0.1) is 0 Å². The molecule has 0 aliphatic rings. The van der Waals surface area contributed by atoms with Crippen LogP contribution in [0.5, 0.6) is 11.5 Å². The number of methoxy groups -OCH3 is 2. The van der Waals surface area contributed by atoms with E-state index in [2.05, 4.69) is 12.2 Å². The summed E-state index contributed by atoms with van der Waals surface area (Å²) in [5.41, 5.74) is 10.9. The Morgan fingerprint density at radius 2 is 1.50 bits per heavy atom. The Bertz CT molecular complexity index is 1090. The third kappa shape index (κ3) is 5.79. The molecule has 3 rings (SSSR count). The van der Waals surface area contributed by atoms with Gasteiger partial charge >= 0.3 is 0 Å². The van der Waals surface area contributed by atoms with Gasteiger partial charge in [-0.25, -0.2) is 0 Å². The molecule has 32 heavy (non-hydrogen) atoms. The van der Waals surface area contributed by atoms with E-state index in [9.17, 15) is 4.79 Å². The third-order valence-corrected chi connectivity index (χ3v) is 5.04. The van der Waals surface area contributed by atoms with Crippen LogP contribution in [0.2, 0.25) is 0 Å². The number of rotatable bonds is 9. The van der Waals surface area contributed by atoms with Gasteiger partial charge in [0.15, 0.2) is 5.78 Å². The van der Waals surface area contributed by atoms with E-state index in [1.807, 2.05) is 48.6 Å². The molecule has 0 radical (unpaired) electrons. The van der Waals surface area contributed by atoms with Crippen molar-refractivity contribution in [1.29, 1.82) is 0 Å². The number of anilines is 2. The van der Waals surface area contributed by atoms with E-state index < -0.39 is 0 Å². The maximum atomic E-state index is 12.2. The first-order valence-electron chi connectivity index (χ1n) is 10.4. The summed E-state index contributed by atoms with van der Waals surface area (Å²) >= 11 is 0. The first-order valence-corrected chi connectivity index (χ1v) is 10.4. The number of allylic oxidation sites excluding steroid dienone is 1. The monoisotopic (exact) mass is 428 g/mol. The van der Waals surface area contributed by atoms with Gasteiger partial charge in [-0.2, -0.15) is 0 Å². The molecule has 5 heteroatoms. The second kappa shape index (κ2) is 10.9. The van der Waals surface area contributed by atoms with Crippen LogP contribution in [0, 0.1) is 0 Å². The number of benzene rings is 3. The summed E-state index contributed by atoms with van der Waals surface area (Å²) in [6.07, 6.45) is 8.03. The molecule has 5 nitrogen and oxygen atoms in total. The maximum Gasteiger partial charge on any atom is 0.187 e. The Labute approximate surface area is 189 Å². The van der Waals surface area contributed by atoms with Gasteiger partial charge in [0.2, 0.25) is 0 Å². The number of hydrogen-bond acceptors (Lipinski definition) is 5. The molecule has 0 fully saturated rings. The zero-order chi connectivity index (χ0) is 22.9. The Kier molecular flexibility index (Phi) is 7.70. The van der Waals surface area contributed by atoms with E-state index >= 15 is 0 Å². The fourth-order valence-corrected chi connectivity index (χ4v) is 3.29. The molecule has 0 heterocycles. The summed E-state index contributed by atoms with van der Waals surface area (Å²) in [5, 5.41) is 3.12. The number of nitrogens with one attached hydrogen (secondary N) is 1. The number of ketones is 1. The van der Waals surface area contributed by atoms with Gasteiger partial charge in [0.05, 0.1) is 14.2 Å². The lowest BCUT2D eigenvalue weighted by molar-refractivity contribution is 0.104. The van der Waals surface area contributed by atoms with E-state index in [-0.39, 0.29) is 5.78 Å². The van der Waals surface area contributed by atoms with Gasteiger partial charge in [-0.3, -0.25) is 4.79 Å². The van der Waals surface area contributed by atoms with Crippen LogP contribution >= 0.6 is 0 Å². The zero-order valence-electron chi connectivity index (χ0n) is 18.6. The Balaban J connectivity index is 1.64. The van der Waals surface area contributed by atoms with Crippen molar-refractivity contribution in [3.63, 3.8) is 0 Å². The van der Waals surface area contributed by atoms with Crippen LogP contribution in [0.4, 0.5) is 11.4 Å². The van der Waals surface area contributed by atoms with Gasteiger partial charge in [0.25, 0.3) is 0 Å². The Morgan fingerprint density at radius 3 is 2.06 bits per heavy atom. The van der Waals surface area contributed by atoms with Crippen molar-refractivity contribution in [3.05, 3.63) is 95.2 Å². The first kappa shape index (κ1) is 22.7. The summed E-state index contributed by atoms with van der Waals surface area (Å²) in [5.74, 6) is 1.56. The quantitative estimate of drug-likeness (QED) is 0.194. The highest BCUT2D eigenvalue weighted by Crippen LogP contribution is 2.31. The van der Waals surface area contributed by atoms with Gasteiger partial charge < -0.3 is 20.5 Å². The predicted molar refractivity (Wildman–Crippen MR) is 132 cm³/mol. The molecule has 0 amide bonds. The molecule has 0 aromatic heterocycles. The lowest BCUT2D eigenvalue weighted by Gasteiger charge is -2.13.